The molecular weight excluding hydrogens is 541 g/mol. The van der Waals surface area contributed by atoms with E-state index in [-0.39, 0.29) is 0 Å². The van der Waals surface area contributed by atoms with Crippen LogP contribution in [-0.2, 0) is 31.6 Å². The molecule has 0 saturated carbocycles. The molecule has 2 rings (SSSR count). The Balaban J connectivity index is 2.35. The normalized spacial score (nSPS) is 29.5. The number of phosphoric acid groups is 3. The number of aromatic amines is 1. The highest BCUT2D eigenvalue weighted by molar-refractivity contribution is 7.66. The maximum Gasteiger partial charge on any atom is 0.490 e. The minimum absolute atomic E-state index is 0.328. The molecule has 1 aliphatic heterocycles. The first kappa shape index (κ1) is 28.6. The minimum atomic E-state index is -5.88. The fourth-order valence-corrected chi connectivity index (χ4v) is 5.94. The van der Waals surface area contributed by atoms with Crippen molar-refractivity contribution in [3.8, 4) is 11.8 Å². The summed E-state index contributed by atoms with van der Waals surface area (Å²) in [6.45, 7) is -0.544. The Bertz CT molecular complexity index is 1240. The number of H-pyrrole nitrogens is 1. The van der Waals surface area contributed by atoms with Crippen molar-refractivity contribution in [2.24, 2.45) is 0 Å². The van der Waals surface area contributed by atoms with Gasteiger partial charge in [0.05, 0.1) is 6.10 Å². The molecule has 192 valence electrons. The summed E-state index contributed by atoms with van der Waals surface area (Å²) in [5.41, 5.74) is -5.70. The third-order valence-electron chi connectivity index (χ3n) is 3.91. The van der Waals surface area contributed by atoms with Crippen molar-refractivity contribution in [2.45, 2.75) is 37.1 Å². The Kier molecular flexibility index (Phi) is 8.54. The van der Waals surface area contributed by atoms with Crippen LogP contribution in [0.25, 0.3) is 0 Å². The van der Waals surface area contributed by atoms with Crippen LogP contribution in [0.5, 0.6) is 0 Å². The largest absolute Gasteiger partial charge is 0.490 e. The smallest absolute Gasteiger partial charge is 0.386 e. The van der Waals surface area contributed by atoms with Gasteiger partial charge in [0.25, 0.3) is 0 Å². The fourth-order valence-electron chi connectivity index (χ4n) is 2.74. The minimum Gasteiger partial charge on any atom is -0.386 e. The van der Waals surface area contributed by atoms with Crippen LogP contribution in [0.3, 0.4) is 0 Å². The van der Waals surface area contributed by atoms with Gasteiger partial charge >= 0.3 is 34.8 Å². The van der Waals surface area contributed by atoms with E-state index in [0.717, 1.165) is 6.92 Å². The van der Waals surface area contributed by atoms with Crippen molar-refractivity contribution in [1.82, 2.24) is 14.5 Å². The average molecular weight is 557 g/mol. The van der Waals surface area contributed by atoms with Crippen molar-refractivity contribution >= 4 is 23.5 Å². The van der Waals surface area contributed by atoms with E-state index in [1.54, 1.807) is 16.8 Å². The first-order valence-corrected chi connectivity index (χ1v) is 13.0. The van der Waals surface area contributed by atoms with Crippen molar-refractivity contribution in [3.05, 3.63) is 27.3 Å². The zero-order chi connectivity index (χ0) is 26.1. The molecule has 1 fully saturated rings. The molecular formula is C12H16F2N3O14P3. The molecule has 22 heteroatoms. The molecule has 3 unspecified atom stereocenters. The van der Waals surface area contributed by atoms with Gasteiger partial charge in [0.2, 0.25) is 5.67 Å². The number of aliphatic hydroxyl groups excluding tert-OH is 1. The first-order valence-electron chi connectivity index (χ1n) is 8.49. The van der Waals surface area contributed by atoms with Crippen LogP contribution in [0.2, 0.25) is 0 Å². The lowest BCUT2D eigenvalue weighted by Crippen LogP contribution is -2.46. The number of nitrogens with one attached hydrogen (secondary N) is 1. The second kappa shape index (κ2) is 10.2. The van der Waals surface area contributed by atoms with E-state index < -0.39 is 71.7 Å². The molecule has 1 aromatic rings. The second-order valence-electron chi connectivity index (χ2n) is 6.39. The number of nitrogens with zero attached hydrogens (tertiary/aromatic N) is 2. The van der Waals surface area contributed by atoms with E-state index in [0.29, 0.717) is 10.9 Å². The van der Waals surface area contributed by atoms with Crippen molar-refractivity contribution < 1.29 is 65.0 Å². The van der Waals surface area contributed by atoms with Gasteiger partial charge in [0.1, 0.15) is 25.2 Å². The zero-order valence-corrected chi connectivity index (χ0v) is 19.2. The Morgan fingerprint density at radius 1 is 1.26 bits per heavy atom. The van der Waals surface area contributed by atoms with Crippen molar-refractivity contribution in [1.29, 1.82) is 0 Å². The van der Waals surface area contributed by atoms with Crippen LogP contribution in [-0.4, -0.2) is 69.9 Å². The summed E-state index contributed by atoms with van der Waals surface area (Å²) in [4.78, 5) is 63.9. The lowest BCUT2D eigenvalue weighted by molar-refractivity contribution is -0.0785. The number of ether oxygens (including phenoxy) is 1. The monoisotopic (exact) mass is 557 g/mol. The highest BCUT2D eigenvalue weighted by Crippen LogP contribution is 2.66. The van der Waals surface area contributed by atoms with E-state index in [4.69, 9.17) is 14.5 Å². The Labute approximate surface area is 186 Å². The highest BCUT2D eigenvalue weighted by atomic mass is 31.3. The fraction of sp³-hybridized carbons (Fsp3) is 0.583. The van der Waals surface area contributed by atoms with Crippen molar-refractivity contribution in [2.75, 3.05) is 6.67 Å². The quantitative estimate of drug-likeness (QED) is 0.159. The topological polar surface area (TPSA) is 257 Å². The van der Waals surface area contributed by atoms with E-state index >= 15 is 4.39 Å². The van der Waals surface area contributed by atoms with Crippen LogP contribution < -0.4 is 11.4 Å². The molecule has 6 N–H and O–H groups in total. The molecule has 0 aromatic carbocycles. The predicted octanol–water partition coefficient (Wildman–Crippen LogP) is -1.40. The van der Waals surface area contributed by atoms with Gasteiger partial charge < -0.3 is 29.4 Å². The van der Waals surface area contributed by atoms with Crippen LogP contribution in [0.1, 0.15) is 13.2 Å². The summed E-state index contributed by atoms with van der Waals surface area (Å²) < 4.78 is 79.3. The van der Waals surface area contributed by atoms with Crippen LogP contribution in [0.4, 0.5) is 8.78 Å². The van der Waals surface area contributed by atoms with Gasteiger partial charge in [-0.05, 0) is 6.92 Å². The zero-order valence-electron chi connectivity index (χ0n) is 16.5. The third kappa shape index (κ3) is 6.95. The molecule has 7 atom stereocenters. The maximum atomic E-state index is 15.6. The SMILES string of the molecule is C[C@@H](OP(=O)(O)OP(=O)(O)OP(=O)(O)O)[C@H]1O[C@@H](n2cnc(=O)[nH]c2=O)C(F)(C#CCF)[C@H]1O. The number of aromatic nitrogens is 3. The molecule has 34 heavy (non-hydrogen) atoms. The number of halogens is 2. The molecule has 0 bridgehead atoms. The molecule has 0 radical (unpaired) electrons. The van der Waals surface area contributed by atoms with Gasteiger partial charge in [-0.15, -0.1) is 0 Å². The van der Waals surface area contributed by atoms with E-state index in [1.807, 2.05) is 0 Å². The lowest BCUT2D eigenvalue weighted by Gasteiger charge is -2.25. The Morgan fingerprint density at radius 3 is 2.41 bits per heavy atom. The molecule has 1 aromatic heterocycles. The van der Waals surface area contributed by atoms with E-state index in [1.165, 1.54) is 0 Å². The predicted molar refractivity (Wildman–Crippen MR) is 101 cm³/mol. The Morgan fingerprint density at radius 2 is 1.88 bits per heavy atom. The Hall–Kier alpha value is -1.64. The van der Waals surface area contributed by atoms with E-state index in [2.05, 4.69) is 18.1 Å². The summed E-state index contributed by atoms with van der Waals surface area (Å²) in [7, 11) is -17.3. The van der Waals surface area contributed by atoms with Gasteiger partial charge in [-0.25, -0.2) is 32.1 Å². The van der Waals surface area contributed by atoms with Crippen LogP contribution in [0, 0.1) is 11.8 Å². The van der Waals surface area contributed by atoms with Gasteiger partial charge in [-0.3, -0.25) is 14.1 Å². The molecule has 1 saturated heterocycles. The number of aliphatic hydroxyl groups is 1. The molecule has 0 amide bonds. The summed E-state index contributed by atoms with van der Waals surface area (Å²) >= 11 is 0. The van der Waals surface area contributed by atoms with Gasteiger partial charge in [-0.1, -0.05) is 11.8 Å². The molecule has 2 heterocycles. The summed E-state index contributed by atoms with van der Waals surface area (Å²) in [6, 6.07) is 0. The third-order valence-corrected chi connectivity index (χ3v) is 7.84. The molecule has 0 spiro atoms. The van der Waals surface area contributed by atoms with Crippen LogP contribution >= 0.6 is 23.5 Å². The van der Waals surface area contributed by atoms with Crippen LogP contribution in [0.15, 0.2) is 15.9 Å². The number of phosphoric ester groups is 1. The van der Waals surface area contributed by atoms with Gasteiger partial charge in [-0.2, -0.15) is 13.6 Å². The number of alkyl halides is 2. The highest BCUT2D eigenvalue weighted by Gasteiger charge is 2.60. The maximum absolute atomic E-state index is 15.6. The number of hydrogen-bond acceptors (Lipinski definition) is 11. The standard InChI is InChI=1S/C12H16F2N3O14P3/c1-6(29-33(24,25)31-34(26,27)30-32(21,22)23)7-8(18)12(14,3-2-4-13)9(28-7)17-5-15-10(19)16-11(17)20/h5-9,18H,4H2,1H3,(H,24,25)(H,26,27)(H,16,19,20)(H2,21,22,23)/t6-,7-,8+,9-,12?/m1/s1. The number of rotatable bonds is 8. The summed E-state index contributed by atoms with van der Waals surface area (Å²) in [6.07, 6.45) is -8.07. The average Bonchev–Trinajstić information content (AvgIpc) is 2.88. The summed E-state index contributed by atoms with van der Waals surface area (Å²) in [5, 5.41) is 10.4. The number of hydrogen-bond donors (Lipinski definition) is 6. The first-order chi connectivity index (χ1) is 15.4. The molecule has 1 aliphatic rings. The molecule has 0 aliphatic carbocycles. The second-order valence-corrected chi connectivity index (χ2v) is 10.8. The lowest BCUT2D eigenvalue weighted by atomic mass is 9.94. The van der Waals surface area contributed by atoms with E-state index in [9.17, 15) is 42.6 Å². The molecule has 17 nitrogen and oxygen atoms in total. The van der Waals surface area contributed by atoms with Gasteiger partial charge in [0.15, 0.2) is 6.23 Å². The van der Waals surface area contributed by atoms with Crippen molar-refractivity contribution in [3.63, 3.8) is 0 Å². The van der Waals surface area contributed by atoms with Gasteiger partial charge in [0, 0.05) is 0 Å². The summed E-state index contributed by atoms with van der Waals surface area (Å²) in [5.74, 6) is 3.39.